The van der Waals surface area contributed by atoms with Crippen molar-refractivity contribution in [2.45, 2.75) is 77.2 Å². The molecule has 0 fully saturated rings. The number of anilines is 2. The van der Waals surface area contributed by atoms with Gasteiger partial charge in [0.05, 0.1) is 11.4 Å². The fourth-order valence-electron chi connectivity index (χ4n) is 4.21. The fraction of sp³-hybridized carbons (Fsp3) is 0.387. The van der Waals surface area contributed by atoms with Crippen molar-refractivity contribution in [3.63, 3.8) is 0 Å². The van der Waals surface area contributed by atoms with Gasteiger partial charge in [-0.15, -0.1) is 0 Å². The Labute approximate surface area is 210 Å². The van der Waals surface area contributed by atoms with Crippen LogP contribution in [-0.4, -0.2) is 5.91 Å². The van der Waals surface area contributed by atoms with E-state index < -0.39 is 0 Å². The number of benzene rings is 3. The van der Waals surface area contributed by atoms with Crippen molar-refractivity contribution < 1.29 is 9.53 Å². The second kappa shape index (κ2) is 15.6. The van der Waals surface area contributed by atoms with Gasteiger partial charge >= 0.3 is 0 Å². The van der Waals surface area contributed by atoms with Crippen molar-refractivity contribution in [3.8, 4) is 5.75 Å². The van der Waals surface area contributed by atoms with E-state index in [4.69, 9.17) is 10.5 Å². The van der Waals surface area contributed by atoms with Gasteiger partial charge < -0.3 is 15.8 Å². The topological polar surface area (TPSA) is 64.3 Å². The highest BCUT2D eigenvalue weighted by atomic mass is 16.5. The first-order valence-corrected chi connectivity index (χ1v) is 13.1. The van der Waals surface area contributed by atoms with Crippen LogP contribution in [0.15, 0.2) is 78.9 Å². The number of aryl methyl sites for hydroxylation is 1. The summed E-state index contributed by atoms with van der Waals surface area (Å²) >= 11 is 0. The molecule has 0 aliphatic carbocycles. The summed E-state index contributed by atoms with van der Waals surface area (Å²) in [5.41, 5.74) is 9.74. The number of nitrogen functional groups attached to an aromatic ring is 1. The smallest absolute Gasteiger partial charge is 0.224 e. The van der Waals surface area contributed by atoms with E-state index >= 15 is 0 Å². The highest BCUT2D eigenvalue weighted by Crippen LogP contribution is 2.19. The van der Waals surface area contributed by atoms with E-state index in [0.717, 1.165) is 25.0 Å². The highest BCUT2D eigenvalue weighted by Gasteiger charge is 2.04. The maximum Gasteiger partial charge on any atom is 0.224 e. The Morgan fingerprint density at radius 2 is 1.31 bits per heavy atom. The van der Waals surface area contributed by atoms with Gasteiger partial charge in [0.25, 0.3) is 0 Å². The Hall–Kier alpha value is -3.27. The number of carbonyl (C=O) groups excluding carboxylic acids is 1. The van der Waals surface area contributed by atoms with E-state index in [1.54, 1.807) is 6.07 Å². The monoisotopic (exact) mass is 472 g/mol. The Morgan fingerprint density at radius 3 is 2.06 bits per heavy atom. The third-order valence-electron chi connectivity index (χ3n) is 6.25. The lowest BCUT2D eigenvalue weighted by atomic mass is 10.0. The molecule has 4 nitrogen and oxygen atoms in total. The van der Waals surface area contributed by atoms with Crippen molar-refractivity contribution >= 4 is 17.3 Å². The number of rotatable bonds is 16. The molecule has 0 saturated heterocycles. The molecule has 0 saturated carbocycles. The van der Waals surface area contributed by atoms with Crippen LogP contribution in [0, 0.1) is 0 Å². The molecule has 3 aromatic rings. The average molecular weight is 473 g/mol. The normalized spacial score (nSPS) is 10.7. The predicted molar refractivity (Wildman–Crippen MR) is 147 cm³/mol. The van der Waals surface area contributed by atoms with Crippen LogP contribution in [0.3, 0.4) is 0 Å². The number of hydrogen-bond donors (Lipinski definition) is 2. The molecule has 4 heteroatoms. The van der Waals surface area contributed by atoms with E-state index in [-0.39, 0.29) is 5.91 Å². The van der Waals surface area contributed by atoms with Crippen molar-refractivity contribution in [1.29, 1.82) is 0 Å². The molecule has 0 aliphatic heterocycles. The summed E-state index contributed by atoms with van der Waals surface area (Å²) in [4.78, 5) is 12.0. The lowest BCUT2D eigenvalue weighted by Crippen LogP contribution is -2.12. The lowest BCUT2D eigenvalue weighted by Gasteiger charge is -2.08. The summed E-state index contributed by atoms with van der Waals surface area (Å²) in [6, 6.07) is 26.2. The second-order valence-electron chi connectivity index (χ2n) is 9.24. The zero-order valence-corrected chi connectivity index (χ0v) is 20.9. The van der Waals surface area contributed by atoms with Gasteiger partial charge in [0.2, 0.25) is 5.91 Å². The Balaban J connectivity index is 1.16. The molecule has 3 N–H and O–H groups in total. The second-order valence-corrected chi connectivity index (χ2v) is 9.24. The number of nitrogens with two attached hydrogens (primary N) is 1. The summed E-state index contributed by atoms with van der Waals surface area (Å²) in [7, 11) is 0. The van der Waals surface area contributed by atoms with Crippen molar-refractivity contribution in [2.24, 2.45) is 0 Å². The third kappa shape index (κ3) is 10.7. The summed E-state index contributed by atoms with van der Waals surface area (Å²) in [6.07, 6.45) is 12.6. The average Bonchev–Trinajstić information content (AvgIpc) is 2.88. The molecule has 0 heterocycles. The SMILES string of the molecule is Nc1ccccc1NC(=O)CCCCCCCCCCCc1cccc(OCc2ccccc2)c1. The molecule has 0 spiro atoms. The lowest BCUT2D eigenvalue weighted by molar-refractivity contribution is -0.116. The van der Waals surface area contributed by atoms with Gasteiger partial charge in [-0.25, -0.2) is 0 Å². The maximum absolute atomic E-state index is 12.0. The number of amides is 1. The first kappa shape index (κ1) is 26.3. The molecule has 0 radical (unpaired) electrons. The zero-order chi connectivity index (χ0) is 24.6. The molecule has 0 aromatic heterocycles. The van der Waals surface area contributed by atoms with Gasteiger partial charge in [0, 0.05) is 6.42 Å². The molecule has 35 heavy (non-hydrogen) atoms. The maximum atomic E-state index is 12.0. The number of nitrogens with one attached hydrogen (secondary N) is 1. The summed E-state index contributed by atoms with van der Waals surface area (Å²) < 4.78 is 5.95. The first-order chi connectivity index (χ1) is 17.2. The molecule has 186 valence electrons. The number of unbranched alkanes of at least 4 members (excludes halogenated alkanes) is 8. The largest absolute Gasteiger partial charge is 0.489 e. The highest BCUT2D eigenvalue weighted by molar-refractivity contribution is 5.93. The van der Waals surface area contributed by atoms with E-state index in [2.05, 4.69) is 35.6 Å². The molecule has 0 atom stereocenters. The first-order valence-electron chi connectivity index (χ1n) is 13.1. The van der Waals surface area contributed by atoms with Gasteiger partial charge in [0.1, 0.15) is 12.4 Å². The van der Waals surface area contributed by atoms with Crippen LogP contribution in [0.25, 0.3) is 0 Å². The minimum atomic E-state index is 0.0520. The van der Waals surface area contributed by atoms with Gasteiger partial charge in [-0.1, -0.05) is 99.5 Å². The molecule has 0 unspecified atom stereocenters. The minimum Gasteiger partial charge on any atom is -0.489 e. The van der Waals surface area contributed by atoms with Crippen LogP contribution in [0.5, 0.6) is 5.75 Å². The quantitative estimate of drug-likeness (QED) is 0.164. The van der Waals surface area contributed by atoms with E-state index in [1.807, 2.05) is 42.5 Å². The number of ether oxygens (including phenoxy) is 1. The number of hydrogen-bond acceptors (Lipinski definition) is 3. The van der Waals surface area contributed by atoms with Gasteiger partial charge in [-0.05, 0) is 54.7 Å². The molecule has 3 rings (SSSR count). The van der Waals surface area contributed by atoms with Crippen molar-refractivity contribution in [3.05, 3.63) is 90.0 Å². The Kier molecular flexibility index (Phi) is 11.7. The molecule has 3 aromatic carbocycles. The number of carbonyl (C=O) groups is 1. The molecular weight excluding hydrogens is 432 g/mol. The molecule has 0 aliphatic rings. The molecule has 1 amide bonds. The van der Waals surface area contributed by atoms with Gasteiger partial charge in [-0.2, -0.15) is 0 Å². The summed E-state index contributed by atoms with van der Waals surface area (Å²) in [5, 5.41) is 2.90. The van der Waals surface area contributed by atoms with Crippen LogP contribution in [0.4, 0.5) is 11.4 Å². The van der Waals surface area contributed by atoms with Gasteiger partial charge in [-0.3, -0.25) is 4.79 Å². The summed E-state index contributed by atoms with van der Waals surface area (Å²) in [5.74, 6) is 1.00. The van der Waals surface area contributed by atoms with E-state index in [0.29, 0.717) is 24.4 Å². The van der Waals surface area contributed by atoms with Crippen LogP contribution in [0.2, 0.25) is 0 Å². The van der Waals surface area contributed by atoms with Crippen molar-refractivity contribution in [1.82, 2.24) is 0 Å². The molecule has 0 bridgehead atoms. The minimum absolute atomic E-state index is 0.0520. The Morgan fingerprint density at radius 1 is 0.686 bits per heavy atom. The van der Waals surface area contributed by atoms with Crippen LogP contribution in [-0.2, 0) is 17.8 Å². The summed E-state index contributed by atoms with van der Waals surface area (Å²) in [6.45, 7) is 0.611. The number of para-hydroxylation sites is 2. The predicted octanol–water partition coefficient (Wildman–Crippen LogP) is 7.93. The molecular formula is C31H40N2O2. The van der Waals surface area contributed by atoms with E-state index in [9.17, 15) is 4.79 Å². The van der Waals surface area contributed by atoms with Gasteiger partial charge in [0.15, 0.2) is 0 Å². The fourth-order valence-corrected chi connectivity index (χ4v) is 4.21. The van der Waals surface area contributed by atoms with Crippen LogP contribution < -0.4 is 15.8 Å². The van der Waals surface area contributed by atoms with Crippen LogP contribution >= 0.6 is 0 Å². The standard InChI is InChI=1S/C31H40N2O2/c32-29-21-13-14-22-30(29)33-31(34)23-12-7-5-3-1-2-4-6-9-16-26-19-15-20-28(24-26)35-25-27-17-10-8-11-18-27/h8,10-11,13-15,17-22,24H,1-7,9,12,16,23,25,32H2,(H,33,34). The van der Waals surface area contributed by atoms with E-state index in [1.165, 1.54) is 56.1 Å². The zero-order valence-electron chi connectivity index (χ0n) is 20.9. The van der Waals surface area contributed by atoms with Crippen molar-refractivity contribution in [2.75, 3.05) is 11.1 Å². The van der Waals surface area contributed by atoms with Crippen LogP contribution in [0.1, 0.15) is 75.3 Å². The Bertz CT molecular complexity index is 1000. The third-order valence-corrected chi connectivity index (χ3v) is 6.25.